The van der Waals surface area contributed by atoms with Gasteiger partial charge in [-0.3, -0.25) is 0 Å². The fourth-order valence-electron chi connectivity index (χ4n) is 0.444. The van der Waals surface area contributed by atoms with Gasteiger partial charge in [0.15, 0.2) is 0 Å². The molecule has 0 fully saturated rings. The fraction of sp³-hybridized carbons (Fsp3) is 1.00. The fourth-order valence-corrected chi connectivity index (χ4v) is 0.838. The van der Waals surface area contributed by atoms with Crippen LogP contribution in [-0.2, 0) is 9.30 Å². The molecule has 0 amide bonds. The first-order valence-corrected chi connectivity index (χ1v) is 3.87. The van der Waals surface area contributed by atoms with E-state index in [9.17, 15) is 4.57 Å². The van der Waals surface area contributed by atoms with E-state index in [1.165, 1.54) is 0 Å². The Morgan fingerprint density at radius 2 is 2.25 bits per heavy atom. The van der Waals surface area contributed by atoms with Crippen LogP contribution in [0.2, 0.25) is 0 Å². The Kier molecular flexibility index (Phi) is 7.11. The van der Waals surface area contributed by atoms with Crippen LogP contribution in [0.25, 0.3) is 0 Å². The molecule has 0 aliphatic rings. The number of hydrogen-bond donors (Lipinski definition) is 0. The largest absolute Gasteiger partial charge is 0.385 e. The molecule has 0 aliphatic carbocycles. The minimum absolute atomic E-state index is 0.137. The quantitative estimate of drug-likeness (QED) is 0.421. The highest BCUT2D eigenvalue weighted by atomic mass is 31.1. The van der Waals surface area contributed by atoms with Gasteiger partial charge in [-0.1, -0.05) is 4.57 Å². The van der Waals surface area contributed by atoms with Crippen LogP contribution in [0.3, 0.4) is 0 Å². The Hall–Kier alpha value is 0.0600. The summed E-state index contributed by atoms with van der Waals surface area (Å²) in [4.78, 5) is 0. The second-order valence-corrected chi connectivity index (χ2v) is 2.38. The maximum absolute atomic E-state index is 9.88. The Bertz CT molecular complexity index is 56.4. The van der Waals surface area contributed by atoms with E-state index in [1.807, 2.05) is 0 Å². The molecule has 1 unspecified atom stereocenters. The molecule has 0 radical (unpaired) electrons. The Balaban J connectivity index is 2.62. The molecule has 0 rings (SSSR count). The highest BCUT2D eigenvalue weighted by molar-refractivity contribution is 7.23. The second-order valence-electron chi connectivity index (χ2n) is 1.59. The van der Waals surface area contributed by atoms with Crippen molar-refractivity contribution in [3.05, 3.63) is 0 Å². The summed E-state index contributed by atoms with van der Waals surface area (Å²) in [6.45, 7) is 0.796. The second kappa shape index (κ2) is 7.06. The van der Waals surface area contributed by atoms with Crippen molar-refractivity contribution in [2.45, 2.75) is 12.8 Å². The van der Waals surface area contributed by atoms with Crippen LogP contribution in [0.4, 0.5) is 0 Å². The maximum Gasteiger partial charge on any atom is 0.324 e. The Labute approximate surface area is 51.4 Å². The van der Waals surface area contributed by atoms with Crippen molar-refractivity contribution in [1.82, 2.24) is 0 Å². The van der Waals surface area contributed by atoms with E-state index in [-0.39, 0.29) is 8.46 Å². The van der Waals surface area contributed by atoms with Gasteiger partial charge in [-0.2, -0.15) is 0 Å². The summed E-state index contributed by atoms with van der Waals surface area (Å²) in [5, 5.41) is 0. The lowest BCUT2D eigenvalue weighted by Crippen LogP contribution is -1.87. The minimum atomic E-state index is -0.137. The van der Waals surface area contributed by atoms with Gasteiger partial charge in [-0.25, -0.2) is 0 Å². The van der Waals surface area contributed by atoms with E-state index in [1.54, 1.807) is 7.11 Å². The van der Waals surface area contributed by atoms with Gasteiger partial charge in [-0.05, 0) is 12.8 Å². The van der Waals surface area contributed by atoms with E-state index < -0.39 is 0 Å². The summed E-state index contributed by atoms with van der Waals surface area (Å²) in [6.07, 6.45) is 2.88. The maximum atomic E-state index is 9.88. The van der Waals surface area contributed by atoms with Crippen molar-refractivity contribution in [2.24, 2.45) is 0 Å². The molecule has 0 N–H and O–H groups in total. The predicted molar refractivity (Wildman–Crippen MR) is 35.0 cm³/mol. The number of hydrogen-bond acceptors (Lipinski definition) is 2. The minimum Gasteiger partial charge on any atom is -0.385 e. The highest BCUT2D eigenvalue weighted by Crippen LogP contribution is 1.97. The van der Waals surface area contributed by atoms with Crippen molar-refractivity contribution >= 4 is 8.46 Å². The standard InChI is InChI=1S/C5H11O2P/c1-7-4-2-3-5-8-6/h2-5H2,1H3/p+1. The molecule has 0 spiro atoms. The summed E-state index contributed by atoms with van der Waals surface area (Å²) >= 11 is 0. The van der Waals surface area contributed by atoms with Crippen LogP contribution in [0, 0.1) is 0 Å². The average molecular weight is 135 g/mol. The third-order valence-corrected chi connectivity index (χ3v) is 1.43. The first kappa shape index (κ1) is 8.06. The smallest absolute Gasteiger partial charge is 0.324 e. The first-order valence-electron chi connectivity index (χ1n) is 2.75. The highest BCUT2D eigenvalue weighted by Gasteiger charge is 1.90. The summed E-state index contributed by atoms with van der Waals surface area (Å²) < 4.78 is 14.7. The summed E-state index contributed by atoms with van der Waals surface area (Å²) in [5.74, 6) is 0. The third-order valence-electron chi connectivity index (χ3n) is 0.877. The van der Waals surface area contributed by atoms with E-state index in [2.05, 4.69) is 0 Å². The molecular formula is C5H12O2P+. The van der Waals surface area contributed by atoms with Crippen LogP contribution in [-0.4, -0.2) is 19.9 Å². The lowest BCUT2D eigenvalue weighted by Gasteiger charge is -1.90. The third kappa shape index (κ3) is 6.06. The van der Waals surface area contributed by atoms with E-state index in [4.69, 9.17) is 4.74 Å². The molecule has 0 saturated carbocycles. The van der Waals surface area contributed by atoms with Crippen LogP contribution in [0.15, 0.2) is 0 Å². The number of ether oxygens (including phenoxy) is 1. The number of unbranched alkanes of at least 4 members (excludes halogenated alkanes) is 1. The summed E-state index contributed by atoms with van der Waals surface area (Å²) in [7, 11) is 1.54. The molecule has 2 nitrogen and oxygen atoms in total. The molecule has 8 heavy (non-hydrogen) atoms. The average Bonchev–Trinajstić information content (AvgIpc) is 1.81. The molecule has 0 aromatic carbocycles. The van der Waals surface area contributed by atoms with Crippen molar-refractivity contribution < 1.29 is 9.30 Å². The van der Waals surface area contributed by atoms with Gasteiger partial charge in [0.05, 0.1) is 0 Å². The lowest BCUT2D eigenvalue weighted by atomic mass is 10.4. The number of methoxy groups -OCH3 is 1. The molecule has 0 aromatic heterocycles. The van der Waals surface area contributed by atoms with Crippen LogP contribution in [0.5, 0.6) is 0 Å². The zero-order valence-corrected chi connectivity index (χ0v) is 6.14. The van der Waals surface area contributed by atoms with Gasteiger partial charge >= 0.3 is 8.46 Å². The Morgan fingerprint density at radius 3 is 2.75 bits per heavy atom. The van der Waals surface area contributed by atoms with Gasteiger partial charge in [-0.15, -0.1) is 0 Å². The summed E-state index contributed by atoms with van der Waals surface area (Å²) in [5.41, 5.74) is 0. The SMILES string of the molecule is COCCCC[PH+]=O. The summed E-state index contributed by atoms with van der Waals surface area (Å²) in [6, 6.07) is 0. The van der Waals surface area contributed by atoms with Crippen LogP contribution < -0.4 is 0 Å². The molecule has 0 aromatic rings. The predicted octanol–water partition coefficient (Wildman–Crippen LogP) is 1.44. The molecule has 0 heterocycles. The molecule has 0 saturated heterocycles. The zero-order valence-electron chi connectivity index (χ0n) is 5.14. The molecular weight excluding hydrogens is 123 g/mol. The zero-order chi connectivity index (χ0) is 6.24. The van der Waals surface area contributed by atoms with Gasteiger partial charge in [0.2, 0.25) is 0 Å². The molecule has 0 aliphatic heterocycles. The van der Waals surface area contributed by atoms with E-state index in [0.29, 0.717) is 0 Å². The molecule has 0 bridgehead atoms. The van der Waals surface area contributed by atoms with Crippen LogP contribution in [0.1, 0.15) is 12.8 Å². The van der Waals surface area contributed by atoms with Crippen molar-refractivity contribution in [3.8, 4) is 0 Å². The molecule has 3 heteroatoms. The molecule has 1 atom stereocenters. The van der Waals surface area contributed by atoms with Crippen molar-refractivity contribution in [3.63, 3.8) is 0 Å². The van der Waals surface area contributed by atoms with E-state index in [0.717, 1.165) is 25.6 Å². The monoisotopic (exact) mass is 135 g/mol. The lowest BCUT2D eigenvalue weighted by molar-refractivity contribution is 0.194. The molecule has 48 valence electrons. The topological polar surface area (TPSA) is 26.3 Å². The first-order chi connectivity index (χ1) is 3.91. The van der Waals surface area contributed by atoms with Crippen LogP contribution >= 0.6 is 8.46 Å². The van der Waals surface area contributed by atoms with Gasteiger partial charge in [0.25, 0.3) is 0 Å². The Morgan fingerprint density at radius 1 is 1.50 bits per heavy atom. The van der Waals surface area contributed by atoms with Gasteiger partial charge < -0.3 is 4.74 Å². The van der Waals surface area contributed by atoms with Gasteiger partial charge in [0, 0.05) is 13.7 Å². The van der Waals surface area contributed by atoms with Crippen molar-refractivity contribution in [1.29, 1.82) is 0 Å². The number of rotatable bonds is 5. The van der Waals surface area contributed by atoms with Gasteiger partial charge in [0.1, 0.15) is 6.16 Å². The van der Waals surface area contributed by atoms with Crippen molar-refractivity contribution in [2.75, 3.05) is 19.9 Å². The van der Waals surface area contributed by atoms with E-state index >= 15 is 0 Å². The normalized spacial score (nSPS) is 10.1.